The molecule has 0 aliphatic rings. The monoisotopic (exact) mass is 397 g/mol. The third-order valence-corrected chi connectivity index (χ3v) is 5.94. The number of nitrogens with zero attached hydrogens (tertiary/aromatic N) is 2. The Hall–Kier alpha value is -4.49. The van der Waals surface area contributed by atoms with E-state index in [1.807, 2.05) is 24.3 Å². The Bertz CT molecular complexity index is 1690. The summed E-state index contributed by atoms with van der Waals surface area (Å²) in [5.74, 6) is 0. The highest BCUT2D eigenvalue weighted by Gasteiger charge is 2.17. The maximum atomic E-state index is 12.8. The van der Waals surface area contributed by atoms with Gasteiger partial charge in [0.05, 0.1) is 5.69 Å². The lowest BCUT2D eigenvalue weighted by Crippen LogP contribution is -2.12. The van der Waals surface area contributed by atoms with Crippen LogP contribution < -0.4 is 5.56 Å². The van der Waals surface area contributed by atoms with Gasteiger partial charge in [-0.15, -0.1) is 0 Å². The fourth-order valence-corrected chi connectivity index (χ4v) is 4.53. The summed E-state index contributed by atoms with van der Waals surface area (Å²) < 4.78 is 0. The molecular formula is C27H15N3O. The van der Waals surface area contributed by atoms with Gasteiger partial charge in [-0.1, -0.05) is 54.6 Å². The third kappa shape index (κ3) is 2.54. The summed E-state index contributed by atoms with van der Waals surface area (Å²) in [5, 5.41) is 16.7. The van der Waals surface area contributed by atoms with E-state index >= 15 is 0 Å². The van der Waals surface area contributed by atoms with E-state index in [0.717, 1.165) is 27.3 Å². The molecule has 0 saturated carbocycles. The van der Waals surface area contributed by atoms with Crippen LogP contribution in [0, 0.1) is 11.3 Å². The van der Waals surface area contributed by atoms with Gasteiger partial charge in [-0.2, -0.15) is 5.26 Å². The van der Waals surface area contributed by atoms with E-state index in [1.54, 1.807) is 12.4 Å². The first-order chi connectivity index (χ1) is 15.2. The number of aromatic nitrogens is 2. The minimum Gasteiger partial charge on any atom is -0.321 e. The summed E-state index contributed by atoms with van der Waals surface area (Å²) >= 11 is 0. The molecule has 0 radical (unpaired) electrons. The van der Waals surface area contributed by atoms with Crippen LogP contribution in [0.15, 0.2) is 90.0 Å². The maximum absolute atomic E-state index is 12.8. The Balaban J connectivity index is 1.74. The number of aromatic amines is 1. The quantitative estimate of drug-likeness (QED) is 0.371. The van der Waals surface area contributed by atoms with Crippen LogP contribution in [-0.4, -0.2) is 9.97 Å². The van der Waals surface area contributed by atoms with E-state index in [-0.39, 0.29) is 5.56 Å². The van der Waals surface area contributed by atoms with E-state index in [0.29, 0.717) is 11.3 Å². The van der Waals surface area contributed by atoms with Crippen LogP contribution in [0.25, 0.3) is 54.7 Å². The van der Waals surface area contributed by atoms with Crippen LogP contribution in [0.2, 0.25) is 0 Å². The molecule has 0 saturated heterocycles. The minimum atomic E-state index is -0.399. The van der Waals surface area contributed by atoms with Crippen molar-refractivity contribution in [2.24, 2.45) is 0 Å². The summed E-state index contributed by atoms with van der Waals surface area (Å²) in [6, 6.07) is 26.5. The van der Waals surface area contributed by atoms with Crippen molar-refractivity contribution in [3.05, 3.63) is 101 Å². The predicted molar refractivity (Wildman–Crippen MR) is 124 cm³/mol. The molecule has 1 N–H and O–H groups in total. The number of benzene rings is 4. The molecule has 31 heavy (non-hydrogen) atoms. The third-order valence-electron chi connectivity index (χ3n) is 5.94. The van der Waals surface area contributed by atoms with Gasteiger partial charge in [0.25, 0.3) is 5.56 Å². The Morgan fingerprint density at radius 3 is 2.29 bits per heavy atom. The van der Waals surface area contributed by atoms with Gasteiger partial charge in [-0.25, -0.2) is 0 Å². The zero-order valence-corrected chi connectivity index (χ0v) is 16.4. The summed E-state index contributed by atoms with van der Waals surface area (Å²) in [7, 11) is 0. The molecule has 0 atom stereocenters. The first-order valence-corrected chi connectivity index (χ1v) is 9.99. The molecule has 4 nitrogen and oxygen atoms in total. The lowest BCUT2D eigenvalue weighted by molar-refractivity contribution is 1.21. The molecule has 2 aromatic heterocycles. The van der Waals surface area contributed by atoms with Crippen molar-refractivity contribution in [1.29, 1.82) is 5.26 Å². The van der Waals surface area contributed by atoms with Crippen molar-refractivity contribution in [2.45, 2.75) is 0 Å². The molecule has 2 heterocycles. The molecule has 0 bridgehead atoms. The van der Waals surface area contributed by atoms with Crippen LogP contribution in [-0.2, 0) is 0 Å². The molecule has 4 heteroatoms. The van der Waals surface area contributed by atoms with Crippen LogP contribution in [0.4, 0.5) is 0 Å². The lowest BCUT2D eigenvalue weighted by atomic mass is 9.88. The molecule has 6 aromatic rings. The predicted octanol–water partition coefficient (Wildman–Crippen LogP) is 5.87. The number of rotatable bonds is 2. The second-order valence-corrected chi connectivity index (χ2v) is 7.62. The SMILES string of the molecule is N#Cc1c(-c2ccc3ccc4cccc5ccc2c3c45)cc(-c2cccnc2)[nH]c1=O. The van der Waals surface area contributed by atoms with Gasteiger partial charge in [-0.3, -0.25) is 9.78 Å². The second-order valence-electron chi connectivity index (χ2n) is 7.62. The normalized spacial score (nSPS) is 11.3. The lowest BCUT2D eigenvalue weighted by Gasteiger charge is -2.15. The molecule has 0 aliphatic carbocycles. The largest absolute Gasteiger partial charge is 0.321 e. The molecular weight excluding hydrogens is 382 g/mol. The number of nitriles is 1. The highest BCUT2D eigenvalue weighted by Crippen LogP contribution is 2.40. The first kappa shape index (κ1) is 17.4. The average molecular weight is 397 g/mol. The van der Waals surface area contributed by atoms with Gasteiger partial charge >= 0.3 is 0 Å². The molecule has 144 valence electrons. The smallest absolute Gasteiger partial charge is 0.266 e. The highest BCUT2D eigenvalue weighted by molar-refractivity contribution is 6.25. The van der Waals surface area contributed by atoms with Crippen molar-refractivity contribution in [3.8, 4) is 28.5 Å². The van der Waals surface area contributed by atoms with Gasteiger partial charge in [0.15, 0.2) is 0 Å². The van der Waals surface area contributed by atoms with Crippen LogP contribution in [0.5, 0.6) is 0 Å². The molecule has 0 spiro atoms. The van der Waals surface area contributed by atoms with Gasteiger partial charge in [-0.05, 0) is 56.1 Å². The van der Waals surface area contributed by atoms with Crippen molar-refractivity contribution in [1.82, 2.24) is 9.97 Å². The topological polar surface area (TPSA) is 69.5 Å². The number of hydrogen-bond acceptors (Lipinski definition) is 3. The van der Waals surface area contributed by atoms with Crippen LogP contribution in [0.1, 0.15) is 5.56 Å². The van der Waals surface area contributed by atoms with Crippen LogP contribution in [0.3, 0.4) is 0 Å². The first-order valence-electron chi connectivity index (χ1n) is 9.99. The number of H-pyrrole nitrogens is 1. The Kier molecular flexibility index (Phi) is 3.65. The summed E-state index contributed by atoms with van der Waals surface area (Å²) in [5.41, 5.74) is 2.65. The van der Waals surface area contributed by atoms with E-state index in [4.69, 9.17) is 0 Å². The van der Waals surface area contributed by atoms with Gasteiger partial charge < -0.3 is 4.98 Å². The molecule has 0 unspecified atom stereocenters. The van der Waals surface area contributed by atoms with Crippen molar-refractivity contribution >= 4 is 32.3 Å². The number of pyridine rings is 2. The zero-order chi connectivity index (χ0) is 20.9. The standard InChI is InChI=1S/C27H15N3O/c28-14-23-22(13-24(30-27(23)31)19-5-2-12-29-15-19)20-10-8-18-7-6-16-3-1-4-17-9-11-21(20)26(18)25(16)17/h1-13,15H,(H,30,31). The molecule has 0 amide bonds. The van der Waals surface area contributed by atoms with E-state index < -0.39 is 5.56 Å². The zero-order valence-electron chi connectivity index (χ0n) is 16.4. The molecule has 4 aromatic carbocycles. The van der Waals surface area contributed by atoms with Crippen molar-refractivity contribution in [3.63, 3.8) is 0 Å². The van der Waals surface area contributed by atoms with E-state index in [9.17, 15) is 10.1 Å². The van der Waals surface area contributed by atoms with E-state index in [2.05, 4.69) is 64.6 Å². The van der Waals surface area contributed by atoms with E-state index in [1.165, 1.54) is 16.2 Å². The minimum absolute atomic E-state index is 0.114. The second kappa shape index (κ2) is 6.51. The van der Waals surface area contributed by atoms with Crippen molar-refractivity contribution < 1.29 is 0 Å². The number of nitrogens with one attached hydrogen (secondary N) is 1. The summed E-state index contributed by atoms with van der Waals surface area (Å²) in [4.78, 5) is 19.8. The van der Waals surface area contributed by atoms with Gasteiger partial charge in [0, 0.05) is 23.5 Å². The summed E-state index contributed by atoms with van der Waals surface area (Å²) in [6.45, 7) is 0. The fraction of sp³-hybridized carbons (Fsp3) is 0. The van der Waals surface area contributed by atoms with Gasteiger partial charge in [0.2, 0.25) is 0 Å². The van der Waals surface area contributed by atoms with Crippen molar-refractivity contribution in [2.75, 3.05) is 0 Å². The van der Waals surface area contributed by atoms with Crippen LogP contribution >= 0.6 is 0 Å². The Morgan fingerprint density at radius 1 is 0.806 bits per heavy atom. The highest BCUT2D eigenvalue weighted by atomic mass is 16.1. The van der Waals surface area contributed by atoms with Gasteiger partial charge in [0.1, 0.15) is 11.6 Å². The fourth-order valence-electron chi connectivity index (χ4n) is 4.53. The summed E-state index contributed by atoms with van der Waals surface area (Å²) in [6.07, 6.45) is 3.39. The Morgan fingerprint density at radius 2 is 1.55 bits per heavy atom. The number of hydrogen-bond donors (Lipinski definition) is 1. The average Bonchev–Trinajstić information content (AvgIpc) is 2.82. The molecule has 0 fully saturated rings. The molecule has 6 rings (SSSR count). The Labute approximate surface area is 177 Å². The maximum Gasteiger partial charge on any atom is 0.266 e. The molecule has 0 aliphatic heterocycles.